The van der Waals surface area contributed by atoms with Gasteiger partial charge in [-0.05, 0) is 68.2 Å². The monoisotopic (exact) mass is 462 g/mol. The Morgan fingerprint density at radius 2 is 1.55 bits per heavy atom. The number of hydrogen-bond donors (Lipinski definition) is 1. The minimum atomic E-state index is -3.76. The second-order valence-corrected chi connectivity index (χ2v) is 9.52. The van der Waals surface area contributed by atoms with Gasteiger partial charge >= 0.3 is 0 Å². The number of hydrogen-bond acceptors (Lipinski definition) is 5. The van der Waals surface area contributed by atoms with Gasteiger partial charge in [0.2, 0.25) is 0 Å². The van der Waals surface area contributed by atoms with Crippen LogP contribution in [0.25, 0.3) is 0 Å². The van der Waals surface area contributed by atoms with Crippen molar-refractivity contribution in [3.63, 3.8) is 0 Å². The Labute approximate surface area is 194 Å². The van der Waals surface area contributed by atoms with Crippen LogP contribution >= 0.6 is 0 Å². The van der Waals surface area contributed by atoms with E-state index in [1.165, 1.54) is 24.3 Å². The van der Waals surface area contributed by atoms with Crippen molar-refractivity contribution in [3.05, 3.63) is 95.6 Å². The molecule has 0 radical (unpaired) electrons. The summed E-state index contributed by atoms with van der Waals surface area (Å²) in [5, 5.41) is 8.99. The van der Waals surface area contributed by atoms with Crippen LogP contribution in [0, 0.1) is 11.3 Å². The number of nitrogens with zero attached hydrogens (tertiary/aromatic N) is 3. The van der Waals surface area contributed by atoms with E-state index in [-0.39, 0.29) is 10.8 Å². The summed E-state index contributed by atoms with van der Waals surface area (Å²) in [7, 11) is 0.108. The standard InChI is InChI=1S/C25H26N4O3S/c1-28(2)16-17-29(19-21-10-8-20(18-26)9-11-21)25(30)22-12-14-24(15-13-22)33(31,32)27-23-6-4-3-5-7-23/h3-15,27H,16-17,19H2,1-2H3. The topological polar surface area (TPSA) is 93.5 Å². The van der Waals surface area contributed by atoms with Gasteiger partial charge in [0, 0.05) is 30.9 Å². The predicted octanol–water partition coefficient (Wildman–Crippen LogP) is 3.56. The lowest BCUT2D eigenvalue weighted by Gasteiger charge is -2.25. The first kappa shape index (κ1) is 24.0. The highest BCUT2D eigenvalue weighted by Gasteiger charge is 2.19. The molecule has 0 aromatic heterocycles. The fourth-order valence-corrected chi connectivity index (χ4v) is 4.22. The van der Waals surface area contributed by atoms with Crippen molar-refractivity contribution in [1.29, 1.82) is 5.26 Å². The van der Waals surface area contributed by atoms with Gasteiger partial charge in [0.15, 0.2) is 0 Å². The highest BCUT2D eigenvalue weighted by atomic mass is 32.2. The zero-order valence-electron chi connectivity index (χ0n) is 18.6. The van der Waals surface area contributed by atoms with Crippen molar-refractivity contribution >= 4 is 21.6 Å². The summed E-state index contributed by atoms with van der Waals surface area (Å²) < 4.78 is 27.8. The molecular formula is C25H26N4O3S. The van der Waals surface area contributed by atoms with Crippen molar-refractivity contribution in [1.82, 2.24) is 9.80 Å². The molecule has 3 rings (SSSR count). The number of likely N-dealkylation sites (N-methyl/N-ethyl adjacent to an activating group) is 1. The number of nitrogens with one attached hydrogen (secondary N) is 1. The van der Waals surface area contributed by atoms with E-state index in [0.29, 0.717) is 36.4 Å². The summed E-state index contributed by atoms with van der Waals surface area (Å²) >= 11 is 0. The van der Waals surface area contributed by atoms with E-state index in [9.17, 15) is 13.2 Å². The lowest BCUT2D eigenvalue weighted by molar-refractivity contribution is 0.0732. The molecule has 0 atom stereocenters. The van der Waals surface area contributed by atoms with Gasteiger partial charge in [0.05, 0.1) is 16.5 Å². The number of carbonyl (C=O) groups is 1. The Morgan fingerprint density at radius 1 is 0.909 bits per heavy atom. The molecular weight excluding hydrogens is 436 g/mol. The van der Waals surface area contributed by atoms with Crippen LogP contribution < -0.4 is 4.72 Å². The average Bonchev–Trinajstić information content (AvgIpc) is 2.82. The average molecular weight is 463 g/mol. The molecule has 3 aromatic carbocycles. The molecule has 1 amide bonds. The summed E-state index contributed by atoms with van der Waals surface area (Å²) in [6, 6.07) is 23.8. The minimum Gasteiger partial charge on any atom is -0.333 e. The van der Waals surface area contributed by atoms with Gasteiger partial charge in [0.1, 0.15) is 0 Å². The quantitative estimate of drug-likeness (QED) is 0.525. The smallest absolute Gasteiger partial charge is 0.261 e. The van der Waals surface area contributed by atoms with Gasteiger partial charge < -0.3 is 9.80 Å². The molecule has 0 fully saturated rings. The van der Waals surface area contributed by atoms with Crippen molar-refractivity contribution < 1.29 is 13.2 Å². The predicted molar refractivity (Wildman–Crippen MR) is 128 cm³/mol. The van der Waals surface area contributed by atoms with Crippen LogP contribution in [0.2, 0.25) is 0 Å². The van der Waals surface area contributed by atoms with Gasteiger partial charge in [-0.2, -0.15) is 5.26 Å². The van der Waals surface area contributed by atoms with Gasteiger partial charge in [-0.15, -0.1) is 0 Å². The van der Waals surface area contributed by atoms with Crippen molar-refractivity contribution in [2.45, 2.75) is 11.4 Å². The molecule has 0 spiro atoms. The molecule has 0 aliphatic heterocycles. The zero-order chi connectivity index (χ0) is 23.8. The van der Waals surface area contributed by atoms with E-state index in [0.717, 1.165) is 5.56 Å². The van der Waals surface area contributed by atoms with E-state index in [2.05, 4.69) is 10.8 Å². The molecule has 7 nitrogen and oxygen atoms in total. The minimum absolute atomic E-state index is 0.0786. The van der Waals surface area contributed by atoms with E-state index in [4.69, 9.17) is 5.26 Å². The largest absolute Gasteiger partial charge is 0.333 e. The number of benzene rings is 3. The molecule has 8 heteroatoms. The van der Waals surface area contributed by atoms with Crippen LogP contribution in [0.1, 0.15) is 21.5 Å². The van der Waals surface area contributed by atoms with E-state index < -0.39 is 10.0 Å². The third-order valence-corrected chi connectivity index (χ3v) is 6.40. The number of para-hydroxylation sites is 1. The summed E-state index contributed by atoms with van der Waals surface area (Å²) in [4.78, 5) is 17.0. The summed E-state index contributed by atoms with van der Waals surface area (Å²) in [6.45, 7) is 1.56. The summed E-state index contributed by atoms with van der Waals surface area (Å²) in [5.74, 6) is -0.193. The third kappa shape index (κ3) is 6.65. The second-order valence-electron chi connectivity index (χ2n) is 7.83. The fourth-order valence-electron chi connectivity index (χ4n) is 3.16. The number of anilines is 1. The number of rotatable bonds is 9. The highest BCUT2D eigenvalue weighted by Crippen LogP contribution is 2.18. The Kier molecular flexibility index (Phi) is 7.83. The number of nitriles is 1. The molecule has 0 heterocycles. The molecule has 3 aromatic rings. The highest BCUT2D eigenvalue weighted by molar-refractivity contribution is 7.92. The molecule has 0 bridgehead atoms. The first-order valence-corrected chi connectivity index (χ1v) is 11.9. The maximum atomic E-state index is 13.2. The van der Waals surface area contributed by atoms with Crippen molar-refractivity contribution in [3.8, 4) is 6.07 Å². The van der Waals surface area contributed by atoms with Crippen LogP contribution in [-0.2, 0) is 16.6 Å². The van der Waals surface area contributed by atoms with Crippen LogP contribution in [-0.4, -0.2) is 51.3 Å². The maximum Gasteiger partial charge on any atom is 0.261 e. The first-order chi connectivity index (χ1) is 15.8. The van der Waals surface area contributed by atoms with Gasteiger partial charge in [-0.3, -0.25) is 9.52 Å². The van der Waals surface area contributed by atoms with Crippen LogP contribution in [0.4, 0.5) is 5.69 Å². The molecule has 0 saturated carbocycles. The normalized spacial score (nSPS) is 11.1. The molecule has 33 heavy (non-hydrogen) atoms. The third-order valence-electron chi connectivity index (χ3n) is 5.00. The molecule has 0 saturated heterocycles. The SMILES string of the molecule is CN(C)CCN(Cc1ccc(C#N)cc1)C(=O)c1ccc(S(=O)(=O)Nc2ccccc2)cc1. The number of amides is 1. The lowest BCUT2D eigenvalue weighted by atomic mass is 10.1. The molecule has 170 valence electrons. The van der Waals surface area contributed by atoms with E-state index >= 15 is 0 Å². The lowest BCUT2D eigenvalue weighted by Crippen LogP contribution is -2.36. The number of sulfonamides is 1. The maximum absolute atomic E-state index is 13.2. The first-order valence-electron chi connectivity index (χ1n) is 10.4. The molecule has 0 aliphatic rings. The Hall–Kier alpha value is -3.67. The second kappa shape index (κ2) is 10.8. The molecule has 0 unspecified atom stereocenters. The van der Waals surface area contributed by atoms with Gasteiger partial charge in [-0.1, -0.05) is 30.3 Å². The van der Waals surface area contributed by atoms with Crippen molar-refractivity contribution in [2.75, 3.05) is 31.9 Å². The van der Waals surface area contributed by atoms with E-state index in [1.54, 1.807) is 47.4 Å². The van der Waals surface area contributed by atoms with Crippen LogP contribution in [0.3, 0.4) is 0 Å². The summed E-state index contributed by atoms with van der Waals surface area (Å²) in [5.41, 5.74) is 2.34. The summed E-state index contributed by atoms with van der Waals surface area (Å²) in [6.07, 6.45) is 0. The van der Waals surface area contributed by atoms with E-state index in [1.807, 2.05) is 31.1 Å². The van der Waals surface area contributed by atoms with Crippen molar-refractivity contribution in [2.24, 2.45) is 0 Å². The zero-order valence-corrected chi connectivity index (χ0v) is 19.4. The van der Waals surface area contributed by atoms with Gasteiger partial charge in [0.25, 0.3) is 15.9 Å². The van der Waals surface area contributed by atoms with Crippen LogP contribution in [0.5, 0.6) is 0 Å². The molecule has 1 N–H and O–H groups in total. The van der Waals surface area contributed by atoms with Gasteiger partial charge in [-0.25, -0.2) is 8.42 Å². The fraction of sp³-hybridized carbons (Fsp3) is 0.200. The van der Waals surface area contributed by atoms with Crippen LogP contribution in [0.15, 0.2) is 83.8 Å². The molecule has 0 aliphatic carbocycles. The number of carbonyl (C=O) groups excluding carboxylic acids is 1. The Balaban J connectivity index is 1.78. The Morgan fingerprint density at radius 3 is 2.12 bits per heavy atom. The Bertz CT molecular complexity index is 1220.